The number of aromatic nitrogens is 1. The van der Waals surface area contributed by atoms with Crippen LogP contribution in [-0.4, -0.2) is 11.6 Å². The molecule has 72 valence electrons. The first-order chi connectivity index (χ1) is 5.97. The summed E-state index contributed by atoms with van der Waals surface area (Å²) in [6, 6.07) is 2.87. The highest BCUT2D eigenvalue weighted by Crippen LogP contribution is 2.16. The summed E-state index contributed by atoms with van der Waals surface area (Å²) >= 11 is 0. The number of hydrogen-bond donors (Lipinski definition) is 0. The van der Waals surface area contributed by atoms with Gasteiger partial charge in [0.15, 0.2) is 0 Å². The third kappa shape index (κ3) is 3.87. The van der Waals surface area contributed by atoms with Gasteiger partial charge in [0.1, 0.15) is 5.75 Å². The summed E-state index contributed by atoms with van der Waals surface area (Å²) < 4.78 is 17.8. The summed E-state index contributed by atoms with van der Waals surface area (Å²) in [5.41, 5.74) is 0.106. The number of nitrogens with zero attached hydrogens (tertiary/aromatic N) is 1. The Morgan fingerprint density at radius 1 is 1.38 bits per heavy atom. The van der Waals surface area contributed by atoms with Crippen LogP contribution >= 0.6 is 0 Å². The second-order valence-corrected chi connectivity index (χ2v) is 4.17. The zero-order valence-electron chi connectivity index (χ0n) is 8.17. The molecule has 0 spiro atoms. The fourth-order valence-electron chi connectivity index (χ4n) is 0.747. The van der Waals surface area contributed by atoms with E-state index in [2.05, 4.69) is 25.8 Å². The lowest BCUT2D eigenvalue weighted by Crippen LogP contribution is -2.16. The van der Waals surface area contributed by atoms with E-state index >= 15 is 0 Å². The fourth-order valence-corrected chi connectivity index (χ4v) is 0.747. The molecule has 0 radical (unpaired) electrons. The number of hydrogen-bond acceptors (Lipinski definition) is 2. The van der Waals surface area contributed by atoms with E-state index in [9.17, 15) is 4.39 Å². The topological polar surface area (TPSA) is 22.1 Å². The zero-order chi connectivity index (χ0) is 9.90. The molecule has 0 fully saturated rings. The molecule has 0 aliphatic carbocycles. The van der Waals surface area contributed by atoms with Crippen molar-refractivity contribution < 1.29 is 9.13 Å². The first kappa shape index (κ1) is 9.96. The lowest BCUT2D eigenvalue weighted by Gasteiger charge is -2.18. The summed E-state index contributed by atoms with van der Waals surface area (Å²) in [6.45, 7) is 6.82. The Morgan fingerprint density at radius 3 is 2.54 bits per heavy atom. The summed E-state index contributed by atoms with van der Waals surface area (Å²) in [6.07, 6.45) is 1.39. The minimum Gasteiger partial charge on any atom is -0.491 e. The van der Waals surface area contributed by atoms with Crippen LogP contribution in [0.25, 0.3) is 0 Å². The van der Waals surface area contributed by atoms with Gasteiger partial charge in [-0.15, -0.1) is 0 Å². The minimum absolute atomic E-state index is 0.106. The molecule has 1 aromatic heterocycles. The predicted octanol–water partition coefficient (Wildman–Crippen LogP) is 2.65. The van der Waals surface area contributed by atoms with Crippen LogP contribution < -0.4 is 4.74 Å². The van der Waals surface area contributed by atoms with Crippen LogP contribution in [0, 0.1) is 11.4 Å². The molecule has 0 atom stereocenters. The molecule has 0 saturated carbocycles. The number of halogens is 1. The van der Waals surface area contributed by atoms with E-state index < -0.39 is 5.95 Å². The van der Waals surface area contributed by atoms with E-state index in [-0.39, 0.29) is 5.41 Å². The number of pyridine rings is 1. The van der Waals surface area contributed by atoms with Crippen LogP contribution in [0.1, 0.15) is 20.8 Å². The Hall–Kier alpha value is -1.12. The minimum atomic E-state index is -0.483. The molecular weight excluding hydrogens is 169 g/mol. The van der Waals surface area contributed by atoms with Crippen molar-refractivity contribution in [3.8, 4) is 5.75 Å². The fraction of sp³-hybridized carbons (Fsp3) is 0.500. The van der Waals surface area contributed by atoms with E-state index in [1.54, 1.807) is 6.07 Å². The molecule has 0 bridgehead atoms. The van der Waals surface area contributed by atoms with Crippen molar-refractivity contribution >= 4 is 0 Å². The van der Waals surface area contributed by atoms with Gasteiger partial charge in [-0.25, -0.2) is 4.98 Å². The van der Waals surface area contributed by atoms with Crippen molar-refractivity contribution in [3.05, 3.63) is 24.3 Å². The number of ether oxygens (including phenoxy) is 1. The van der Waals surface area contributed by atoms with Crippen molar-refractivity contribution in [1.82, 2.24) is 4.98 Å². The zero-order valence-corrected chi connectivity index (χ0v) is 8.17. The van der Waals surface area contributed by atoms with Gasteiger partial charge in [0.2, 0.25) is 5.95 Å². The molecule has 1 rings (SSSR count). The molecule has 1 aromatic rings. The molecule has 0 amide bonds. The van der Waals surface area contributed by atoms with E-state index in [0.29, 0.717) is 12.4 Å². The summed E-state index contributed by atoms with van der Waals surface area (Å²) in [5, 5.41) is 0. The van der Waals surface area contributed by atoms with Gasteiger partial charge >= 0.3 is 0 Å². The SMILES string of the molecule is CC(C)(C)COc1ccc(F)nc1. The smallest absolute Gasteiger partial charge is 0.213 e. The first-order valence-corrected chi connectivity index (χ1v) is 4.22. The summed E-state index contributed by atoms with van der Waals surface area (Å²) in [4.78, 5) is 3.49. The molecule has 2 nitrogen and oxygen atoms in total. The van der Waals surface area contributed by atoms with Crippen molar-refractivity contribution in [2.24, 2.45) is 5.41 Å². The van der Waals surface area contributed by atoms with Gasteiger partial charge in [-0.05, 0) is 17.5 Å². The predicted molar refractivity (Wildman–Crippen MR) is 49.1 cm³/mol. The van der Waals surface area contributed by atoms with Crippen LogP contribution in [0.3, 0.4) is 0 Å². The van der Waals surface area contributed by atoms with Gasteiger partial charge in [-0.1, -0.05) is 20.8 Å². The van der Waals surface area contributed by atoms with Crippen molar-refractivity contribution in [2.75, 3.05) is 6.61 Å². The Morgan fingerprint density at radius 2 is 2.08 bits per heavy atom. The maximum Gasteiger partial charge on any atom is 0.213 e. The molecule has 0 saturated heterocycles. The first-order valence-electron chi connectivity index (χ1n) is 4.22. The highest BCUT2D eigenvalue weighted by molar-refractivity contribution is 5.16. The Labute approximate surface area is 77.8 Å². The van der Waals surface area contributed by atoms with Crippen LogP contribution in [0.15, 0.2) is 18.3 Å². The van der Waals surface area contributed by atoms with Gasteiger partial charge in [-0.3, -0.25) is 0 Å². The van der Waals surface area contributed by atoms with Gasteiger partial charge in [0, 0.05) is 0 Å². The van der Waals surface area contributed by atoms with E-state index in [1.165, 1.54) is 12.3 Å². The van der Waals surface area contributed by atoms with Crippen LogP contribution in [0.2, 0.25) is 0 Å². The van der Waals surface area contributed by atoms with Crippen molar-refractivity contribution in [2.45, 2.75) is 20.8 Å². The quantitative estimate of drug-likeness (QED) is 0.657. The average Bonchev–Trinajstić information content (AvgIpc) is 2.02. The summed E-state index contributed by atoms with van der Waals surface area (Å²) in [5.74, 6) is 0.124. The normalized spacial score (nSPS) is 11.4. The second-order valence-electron chi connectivity index (χ2n) is 4.17. The molecule has 0 aromatic carbocycles. The molecular formula is C10H14FNO. The van der Waals surface area contributed by atoms with Gasteiger partial charge < -0.3 is 4.74 Å². The lowest BCUT2D eigenvalue weighted by molar-refractivity contribution is 0.197. The largest absolute Gasteiger partial charge is 0.491 e. The lowest BCUT2D eigenvalue weighted by atomic mass is 9.99. The van der Waals surface area contributed by atoms with E-state index in [4.69, 9.17) is 4.74 Å². The van der Waals surface area contributed by atoms with Gasteiger partial charge in [0.05, 0.1) is 12.8 Å². The highest BCUT2D eigenvalue weighted by atomic mass is 19.1. The maximum absolute atomic E-state index is 12.4. The third-order valence-electron chi connectivity index (χ3n) is 1.37. The molecule has 0 unspecified atom stereocenters. The Balaban J connectivity index is 2.51. The number of rotatable bonds is 2. The van der Waals surface area contributed by atoms with E-state index in [0.717, 1.165) is 0 Å². The van der Waals surface area contributed by atoms with Crippen molar-refractivity contribution in [3.63, 3.8) is 0 Å². The average molecular weight is 183 g/mol. The molecule has 0 aliphatic rings. The monoisotopic (exact) mass is 183 g/mol. The molecule has 0 aliphatic heterocycles. The molecule has 3 heteroatoms. The third-order valence-corrected chi connectivity index (χ3v) is 1.37. The Kier molecular flexibility index (Phi) is 2.86. The summed E-state index contributed by atoms with van der Waals surface area (Å²) in [7, 11) is 0. The van der Waals surface area contributed by atoms with Gasteiger partial charge in [0.25, 0.3) is 0 Å². The Bertz CT molecular complexity index is 263. The van der Waals surface area contributed by atoms with Crippen LogP contribution in [-0.2, 0) is 0 Å². The van der Waals surface area contributed by atoms with Crippen molar-refractivity contribution in [1.29, 1.82) is 0 Å². The van der Waals surface area contributed by atoms with Crippen LogP contribution in [0.5, 0.6) is 5.75 Å². The second kappa shape index (κ2) is 3.73. The standard InChI is InChI=1S/C10H14FNO/c1-10(2,3)7-13-8-4-5-9(11)12-6-8/h4-6H,7H2,1-3H3. The maximum atomic E-state index is 12.4. The van der Waals surface area contributed by atoms with Crippen LogP contribution in [0.4, 0.5) is 4.39 Å². The highest BCUT2D eigenvalue weighted by Gasteiger charge is 2.10. The molecule has 1 heterocycles. The van der Waals surface area contributed by atoms with E-state index in [1.807, 2.05) is 0 Å². The van der Waals surface area contributed by atoms with Gasteiger partial charge in [-0.2, -0.15) is 4.39 Å². The molecule has 13 heavy (non-hydrogen) atoms. The molecule has 0 N–H and O–H groups in total.